The first-order valence-corrected chi connectivity index (χ1v) is 22.4. The predicted molar refractivity (Wildman–Crippen MR) is 270 cm³/mol. The quantitative estimate of drug-likeness (QED) is 0.159. The summed E-state index contributed by atoms with van der Waals surface area (Å²) in [5.41, 5.74) is 19.8. The maximum absolute atomic E-state index is 2.51. The smallest absolute Gasteiger partial charge is 0.0548 e. The summed E-state index contributed by atoms with van der Waals surface area (Å²) in [4.78, 5) is 0. The van der Waals surface area contributed by atoms with Crippen LogP contribution in [0.4, 0.5) is 0 Å². The Morgan fingerprint density at radius 3 is 1.55 bits per heavy atom. The van der Waals surface area contributed by atoms with Crippen molar-refractivity contribution in [1.29, 1.82) is 0 Å². The van der Waals surface area contributed by atoms with Gasteiger partial charge in [0.1, 0.15) is 0 Å². The molecule has 3 heteroatoms. The number of nitrogens with zero attached hydrogens (tertiary/aromatic N) is 3. The van der Waals surface area contributed by atoms with E-state index in [2.05, 4.69) is 245 Å². The lowest BCUT2D eigenvalue weighted by Crippen LogP contribution is -2.09. The normalized spacial score (nSPS) is 13.9. The number of benzene rings is 9. The molecule has 1 aliphatic carbocycles. The average molecular weight is 818 g/mol. The third-order valence-corrected chi connectivity index (χ3v) is 13.7. The lowest BCUT2D eigenvalue weighted by molar-refractivity contribution is 0.733. The summed E-state index contributed by atoms with van der Waals surface area (Å²) in [6, 6.07) is 80.1. The van der Waals surface area contributed by atoms with E-state index in [-0.39, 0.29) is 0 Å². The Hall–Kier alpha value is -8.14. The van der Waals surface area contributed by atoms with Gasteiger partial charge in [0.15, 0.2) is 0 Å². The number of rotatable bonds is 6. The van der Waals surface area contributed by atoms with Crippen LogP contribution in [-0.4, -0.2) is 13.7 Å². The van der Waals surface area contributed by atoms with Gasteiger partial charge < -0.3 is 13.7 Å². The summed E-state index contributed by atoms with van der Waals surface area (Å²) < 4.78 is 7.43. The molecule has 0 radical (unpaired) electrons. The molecule has 0 amide bonds. The van der Waals surface area contributed by atoms with E-state index in [1.165, 1.54) is 105 Å². The van der Waals surface area contributed by atoms with E-state index in [9.17, 15) is 0 Å². The van der Waals surface area contributed by atoms with Crippen LogP contribution in [0.2, 0.25) is 0 Å². The van der Waals surface area contributed by atoms with Gasteiger partial charge in [-0.3, -0.25) is 0 Å². The Kier molecular flexibility index (Phi) is 8.26. The van der Waals surface area contributed by atoms with Gasteiger partial charge in [0.25, 0.3) is 0 Å². The molecule has 0 aliphatic heterocycles. The topological polar surface area (TPSA) is 14.8 Å². The Morgan fingerprint density at radius 2 is 0.828 bits per heavy atom. The Balaban J connectivity index is 1.04. The molecule has 3 nitrogen and oxygen atoms in total. The monoisotopic (exact) mass is 817 g/mol. The highest BCUT2D eigenvalue weighted by Crippen LogP contribution is 2.47. The van der Waals surface area contributed by atoms with Crippen LogP contribution < -0.4 is 0 Å². The molecule has 1 atom stereocenters. The Morgan fingerprint density at radius 1 is 0.344 bits per heavy atom. The number of fused-ring (bicyclic) bond motifs is 10. The minimum absolute atomic E-state index is 0.296. The molecule has 13 rings (SSSR count). The number of allylic oxidation sites excluding steroid dienone is 1. The average Bonchev–Trinajstić information content (AvgIpc) is 4.01. The zero-order chi connectivity index (χ0) is 42.3. The second-order valence-corrected chi connectivity index (χ2v) is 17.4. The maximum Gasteiger partial charge on any atom is 0.0548 e. The van der Waals surface area contributed by atoms with Gasteiger partial charge in [0.05, 0.1) is 27.6 Å². The summed E-state index contributed by atoms with van der Waals surface area (Å²) >= 11 is 0. The largest absolute Gasteiger partial charge is 0.313 e. The van der Waals surface area contributed by atoms with Crippen molar-refractivity contribution in [3.05, 3.63) is 235 Å². The van der Waals surface area contributed by atoms with Gasteiger partial charge >= 0.3 is 0 Å². The van der Waals surface area contributed by atoms with E-state index < -0.39 is 0 Å². The van der Waals surface area contributed by atoms with Crippen molar-refractivity contribution in [1.82, 2.24) is 13.7 Å². The van der Waals surface area contributed by atoms with Crippen LogP contribution in [0.1, 0.15) is 36.1 Å². The standard InChI is InChI=1S/C61H43N3/c1-40-36-46(39-52-50-24-11-13-26-54(50)64(61(40)52)48-31-28-43(29-32-48)41-16-5-2-6-17-41)45-30-33-56-53(38-45)60-58(63(56)49-23-15-20-44(37-49)42-18-7-3-8-19-42)35-34-57-59(60)51-25-12-14-27-55(51)62(57)47-21-9-4-10-22-47/h2-35,37-40H,36H2,1H3. The van der Waals surface area contributed by atoms with Crippen LogP contribution >= 0.6 is 0 Å². The van der Waals surface area contributed by atoms with Crippen LogP contribution in [0, 0.1) is 0 Å². The van der Waals surface area contributed by atoms with Crippen molar-refractivity contribution >= 4 is 66.2 Å². The molecule has 0 saturated heterocycles. The van der Waals surface area contributed by atoms with Crippen LogP contribution in [0.3, 0.4) is 0 Å². The number of hydrogen-bond donors (Lipinski definition) is 0. The third kappa shape index (κ3) is 5.60. The molecular formula is C61H43N3. The van der Waals surface area contributed by atoms with Gasteiger partial charge in [-0.25, -0.2) is 0 Å². The number of hydrogen-bond acceptors (Lipinski definition) is 0. The molecule has 0 saturated carbocycles. The molecule has 3 aromatic heterocycles. The van der Waals surface area contributed by atoms with Gasteiger partial charge in [-0.1, -0.05) is 153 Å². The fourth-order valence-electron chi connectivity index (χ4n) is 10.9. The molecule has 3 heterocycles. The molecule has 1 aliphatic rings. The zero-order valence-electron chi connectivity index (χ0n) is 35.5. The second kappa shape index (κ2) is 14.5. The highest BCUT2D eigenvalue weighted by atomic mass is 15.0. The third-order valence-electron chi connectivity index (χ3n) is 13.7. The molecule has 0 spiro atoms. The second-order valence-electron chi connectivity index (χ2n) is 17.4. The summed E-state index contributed by atoms with van der Waals surface area (Å²) in [5, 5.41) is 6.38. The van der Waals surface area contributed by atoms with Crippen LogP contribution in [0.5, 0.6) is 0 Å². The van der Waals surface area contributed by atoms with Crippen LogP contribution in [-0.2, 0) is 0 Å². The summed E-state index contributed by atoms with van der Waals surface area (Å²) in [5.74, 6) is 0.296. The molecule has 64 heavy (non-hydrogen) atoms. The van der Waals surface area contributed by atoms with Gasteiger partial charge in [-0.2, -0.15) is 0 Å². The minimum atomic E-state index is 0.296. The summed E-state index contributed by atoms with van der Waals surface area (Å²) in [7, 11) is 0. The first-order valence-electron chi connectivity index (χ1n) is 22.4. The van der Waals surface area contributed by atoms with Crippen molar-refractivity contribution in [2.24, 2.45) is 0 Å². The maximum atomic E-state index is 2.51. The van der Waals surface area contributed by atoms with Crippen LogP contribution in [0.15, 0.2) is 218 Å². The van der Waals surface area contributed by atoms with Crippen molar-refractivity contribution in [3.63, 3.8) is 0 Å². The van der Waals surface area contributed by atoms with Gasteiger partial charge in [0, 0.05) is 61.2 Å². The van der Waals surface area contributed by atoms with Crippen LogP contribution in [0.25, 0.3) is 105 Å². The highest BCUT2D eigenvalue weighted by molar-refractivity contribution is 6.29. The lowest BCUT2D eigenvalue weighted by atomic mass is 9.84. The van der Waals surface area contributed by atoms with Gasteiger partial charge in [-0.15, -0.1) is 0 Å². The molecular weight excluding hydrogens is 775 g/mol. The van der Waals surface area contributed by atoms with Crippen molar-refractivity contribution in [2.75, 3.05) is 0 Å². The Bertz CT molecular complexity index is 3790. The zero-order valence-corrected chi connectivity index (χ0v) is 35.5. The van der Waals surface area contributed by atoms with Crippen molar-refractivity contribution in [3.8, 4) is 39.3 Å². The SMILES string of the molecule is CC1CC(c2ccc3c(c2)c2c4c5ccccc5n(-c5ccccc5)c4ccc2n3-c2cccc(-c3ccccc3)c2)=Cc2c1n(-c1ccc(-c3ccccc3)cc1)c1ccccc21. The predicted octanol–water partition coefficient (Wildman–Crippen LogP) is 16.2. The molecule has 12 aromatic rings. The number of aromatic nitrogens is 3. The van der Waals surface area contributed by atoms with E-state index in [0.717, 1.165) is 17.8 Å². The highest BCUT2D eigenvalue weighted by Gasteiger charge is 2.28. The molecule has 0 bridgehead atoms. The molecule has 302 valence electrons. The minimum Gasteiger partial charge on any atom is -0.313 e. The fourth-order valence-corrected chi connectivity index (χ4v) is 10.9. The molecule has 1 unspecified atom stereocenters. The molecule has 0 N–H and O–H groups in total. The molecule has 0 fully saturated rings. The number of para-hydroxylation sites is 3. The van der Waals surface area contributed by atoms with Gasteiger partial charge in [0.2, 0.25) is 0 Å². The van der Waals surface area contributed by atoms with Gasteiger partial charge in [-0.05, 0) is 119 Å². The summed E-state index contributed by atoms with van der Waals surface area (Å²) in [6.07, 6.45) is 3.43. The molecule has 9 aromatic carbocycles. The van der Waals surface area contributed by atoms with E-state index in [1.807, 2.05) is 0 Å². The van der Waals surface area contributed by atoms with E-state index in [1.54, 1.807) is 0 Å². The van der Waals surface area contributed by atoms with E-state index in [0.29, 0.717) is 5.92 Å². The lowest BCUT2D eigenvalue weighted by Gasteiger charge is -2.24. The van der Waals surface area contributed by atoms with Crippen molar-refractivity contribution < 1.29 is 0 Å². The first kappa shape index (κ1) is 36.5. The fraction of sp³-hybridized carbons (Fsp3) is 0.0492. The Labute approximate surface area is 372 Å². The van der Waals surface area contributed by atoms with E-state index in [4.69, 9.17) is 0 Å². The van der Waals surface area contributed by atoms with E-state index >= 15 is 0 Å². The van der Waals surface area contributed by atoms with Crippen molar-refractivity contribution in [2.45, 2.75) is 19.3 Å². The summed E-state index contributed by atoms with van der Waals surface area (Å²) in [6.45, 7) is 2.41. The first-order chi connectivity index (χ1) is 31.7.